The predicted octanol–water partition coefficient (Wildman–Crippen LogP) is 4.37. The molecule has 2 amide bonds. The zero-order valence-electron chi connectivity index (χ0n) is 25.7. The van der Waals surface area contributed by atoms with Crippen molar-refractivity contribution in [1.29, 1.82) is 0 Å². The number of hydrogen-bond donors (Lipinski definition) is 1. The Kier molecular flexibility index (Phi) is 10.9. The van der Waals surface area contributed by atoms with Crippen LogP contribution in [0.4, 0.5) is 0 Å². The first kappa shape index (κ1) is 32.1. The van der Waals surface area contributed by atoms with Gasteiger partial charge in [-0.3, -0.25) is 24.4 Å². The monoisotopic (exact) mass is 623 g/mol. The van der Waals surface area contributed by atoms with Gasteiger partial charge in [0, 0.05) is 51.2 Å². The quantitative estimate of drug-likeness (QED) is 0.352. The zero-order valence-corrected chi connectivity index (χ0v) is 25.7. The van der Waals surface area contributed by atoms with E-state index in [0.29, 0.717) is 57.8 Å². The van der Waals surface area contributed by atoms with Crippen molar-refractivity contribution in [3.63, 3.8) is 0 Å². The molecule has 1 N–H and O–H groups in total. The first-order valence-corrected chi connectivity index (χ1v) is 15.3. The molecule has 2 aromatic heterocycles. The topological polar surface area (TPSA) is 135 Å². The lowest BCUT2D eigenvalue weighted by molar-refractivity contribution is -0.134. The lowest BCUT2D eigenvalue weighted by Crippen LogP contribution is -2.40. The Morgan fingerprint density at radius 2 is 1.70 bits per heavy atom. The number of ether oxygens (including phenoxy) is 2. The van der Waals surface area contributed by atoms with Crippen molar-refractivity contribution in [2.45, 2.75) is 38.6 Å². The summed E-state index contributed by atoms with van der Waals surface area (Å²) in [6.07, 6.45) is 10.5. The van der Waals surface area contributed by atoms with E-state index in [-0.39, 0.29) is 17.9 Å². The molecule has 7 rings (SSSR count). The number of aromatic nitrogens is 3. The molecule has 0 saturated carbocycles. The second-order valence-corrected chi connectivity index (χ2v) is 11.0. The van der Waals surface area contributed by atoms with E-state index in [2.05, 4.69) is 33.2 Å². The van der Waals surface area contributed by atoms with E-state index >= 15 is 0 Å². The zero-order chi connectivity index (χ0) is 32.3. The Hall–Kier alpha value is -5.32. The highest BCUT2D eigenvalue weighted by Gasteiger charge is 2.32. The van der Waals surface area contributed by atoms with Gasteiger partial charge in [-0.2, -0.15) is 0 Å². The molecule has 0 spiro atoms. The first-order chi connectivity index (χ1) is 22.4. The summed E-state index contributed by atoms with van der Waals surface area (Å²) in [5.41, 5.74) is 4.60. The molecule has 46 heavy (non-hydrogen) atoms. The Morgan fingerprint density at radius 1 is 0.891 bits per heavy atom. The van der Waals surface area contributed by atoms with Crippen LogP contribution in [-0.2, 0) is 22.4 Å². The molecule has 5 heterocycles. The molecule has 3 aliphatic rings. The number of nitrogens with zero attached hydrogens (tertiary/aromatic N) is 5. The van der Waals surface area contributed by atoms with Crippen molar-refractivity contribution in [1.82, 2.24) is 24.8 Å². The molecule has 3 aliphatic heterocycles. The van der Waals surface area contributed by atoms with Gasteiger partial charge in [-0.1, -0.05) is 24.3 Å². The third-order valence-corrected chi connectivity index (χ3v) is 7.73. The Morgan fingerprint density at radius 3 is 2.48 bits per heavy atom. The van der Waals surface area contributed by atoms with Gasteiger partial charge in [-0.15, -0.1) is 0 Å². The maximum absolute atomic E-state index is 13.6. The van der Waals surface area contributed by atoms with Crippen LogP contribution in [0.3, 0.4) is 0 Å². The first-order valence-electron chi connectivity index (χ1n) is 15.3. The summed E-state index contributed by atoms with van der Waals surface area (Å²) in [6, 6.07) is 17.8. The van der Waals surface area contributed by atoms with Gasteiger partial charge in [0.25, 0.3) is 11.9 Å². The van der Waals surface area contributed by atoms with Crippen LogP contribution in [0.15, 0.2) is 85.6 Å². The van der Waals surface area contributed by atoms with Gasteiger partial charge in [0.1, 0.15) is 23.8 Å². The number of pyridine rings is 1. The Bertz CT molecular complexity index is 1630. The molecular formula is C35H37N5O6. The highest BCUT2D eigenvalue weighted by molar-refractivity contribution is 5.92. The van der Waals surface area contributed by atoms with Crippen LogP contribution in [0.25, 0.3) is 0 Å². The number of aliphatic carboxylic acids is 1. The summed E-state index contributed by atoms with van der Waals surface area (Å²) in [6.45, 7) is 3.37. The van der Waals surface area contributed by atoms with Crippen molar-refractivity contribution >= 4 is 17.8 Å². The number of rotatable bonds is 4. The number of carbonyl (C=O) groups is 3. The lowest BCUT2D eigenvalue weighted by Gasteiger charge is -2.38. The minimum absolute atomic E-state index is 0.114. The molecule has 11 nitrogen and oxygen atoms in total. The number of hydrogen-bond acceptors (Lipinski definition) is 8. The number of carboxylic acids is 1. The van der Waals surface area contributed by atoms with E-state index in [9.17, 15) is 9.59 Å². The van der Waals surface area contributed by atoms with E-state index in [4.69, 9.17) is 19.4 Å². The molecule has 1 unspecified atom stereocenters. The van der Waals surface area contributed by atoms with Gasteiger partial charge in [0.05, 0.1) is 25.4 Å². The average Bonchev–Trinajstić information content (AvgIpc) is 3.07. The molecule has 0 aliphatic carbocycles. The number of amides is 2. The van der Waals surface area contributed by atoms with Crippen LogP contribution in [0, 0.1) is 0 Å². The Balaban J connectivity index is 0.000000985. The summed E-state index contributed by atoms with van der Waals surface area (Å²) >= 11 is 0. The van der Waals surface area contributed by atoms with Gasteiger partial charge >= 0.3 is 0 Å². The maximum atomic E-state index is 13.6. The summed E-state index contributed by atoms with van der Waals surface area (Å²) in [4.78, 5) is 51.9. The third-order valence-electron chi connectivity index (χ3n) is 7.73. The molecule has 0 fully saturated rings. The maximum Gasteiger partial charge on any atom is 0.300 e. The van der Waals surface area contributed by atoms with Gasteiger partial charge < -0.3 is 24.4 Å². The van der Waals surface area contributed by atoms with Crippen molar-refractivity contribution < 1.29 is 29.0 Å². The van der Waals surface area contributed by atoms with Gasteiger partial charge in [-0.05, 0) is 71.8 Å². The molecule has 6 bridgehead atoms. The van der Waals surface area contributed by atoms with Crippen LogP contribution in [0.1, 0.15) is 58.5 Å². The lowest BCUT2D eigenvalue weighted by atomic mass is 9.87. The second kappa shape index (κ2) is 15.6. The van der Waals surface area contributed by atoms with E-state index in [0.717, 1.165) is 47.1 Å². The van der Waals surface area contributed by atoms with Gasteiger partial charge in [0.15, 0.2) is 0 Å². The van der Waals surface area contributed by atoms with Crippen LogP contribution in [-0.4, -0.2) is 80.5 Å². The highest BCUT2D eigenvalue weighted by Crippen LogP contribution is 2.38. The Labute approximate surface area is 267 Å². The average molecular weight is 624 g/mol. The van der Waals surface area contributed by atoms with Crippen molar-refractivity contribution in [3.8, 4) is 11.5 Å². The molecule has 0 radical (unpaired) electrons. The van der Waals surface area contributed by atoms with Crippen molar-refractivity contribution in [3.05, 3.63) is 114 Å². The standard InChI is InChI=1S/C33H33N5O4.C2H4O2/c39-31(10-7-24-4-2-12-34-22-24)38-16-11-25-20-28-8-9-29(25)32(38)26-5-1-6-27(21-26)41-18-3-15-37(17-19-42-28)33(40)30-23-35-13-14-36-30;1-2(3)4/h1-2,4-6,8-9,12-14,20-23,32H,3,7,10-11,15-19H2;1H3,(H,3,4). The van der Waals surface area contributed by atoms with Crippen molar-refractivity contribution in [2.75, 3.05) is 32.8 Å². The molecule has 0 saturated heterocycles. The van der Waals surface area contributed by atoms with Crippen molar-refractivity contribution in [2.24, 2.45) is 0 Å². The van der Waals surface area contributed by atoms with Crippen LogP contribution < -0.4 is 9.47 Å². The number of aryl methyl sites for hydroxylation is 1. The summed E-state index contributed by atoms with van der Waals surface area (Å²) in [5.74, 6) is 0.584. The van der Waals surface area contributed by atoms with Gasteiger partial charge in [-0.25, -0.2) is 4.98 Å². The highest BCUT2D eigenvalue weighted by atomic mass is 16.5. The molecule has 238 valence electrons. The van der Waals surface area contributed by atoms with Gasteiger partial charge in [0.2, 0.25) is 5.91 Å². The normalized spacial score (nSPS) is 15.9. The number of benzene rings is 2. The molecule has 1 atom stereocenters. The van der Waals surface area contributed by atoms with E-state index < -0.39 is 5.97 Å². The molecule has 4 aromatic rings. The summed E-state index contributed by atoms with van der Waals surface area (Å²) in [5, 5.41) is 7.42. The largest absolute Gasteiger partial charge is 0.494 e. The third kappa shape index (κ3) is 8.44. The van der Waals surface area contributed by atoms with Crippen LogP contribution in [0.2, 0.25) is 0 Å². The number of fused-ring (bicyclic) bond motifs is 8. The van der Waals surface area contributed by atoms with E-state index in [1.54, 1.807) is 17.3 Å². The number of carbonyl (C=O) groups excluding carboxylic acids is 2. The molecule has 2 aromatic carbocycles. The fraction of sp³-hybridized carbons (Fsp3) is 0.314. The van der Waals surface area contributed by atoms with E-state index in [1.165, 1.54) is 12.4 Å². The summed E-state index contributed by atoms with van der Waals surface area (Å²) in [7, 11) is 0. The number of carboxylic acid groups (broad SMARTS) is 1. The predicted molar refractivity (Wildman–Crippen MR) is 170 cm³/mol. The van der Waals surface area contributed by atoms with E-state index in [1.807, 2.05) is 47.5 Å². The van der Waals surface area contributed by atoms with Crippen LogP contribution >= 0.6 is 0 Å². The minimum atomic E-state index is -0.833. The van der Waals surface area contributed by atoms with Crippen LogP contribution in [0.5, 0.6) is 11.5 Å². The molecule has 11 heteroatoms. The summed E-state index contributed by atoms with van der Waals surface area (Å²) < 4.78 is 12.3. The smallest absolute Gasteiger partial charge is 0.300 e. The second-order valence-electron chi connectivity index (χ2n) is 11.0. The fourth-order valence-corrected chi connectivity index (χ4v) is 5.64. The SMILES string of the molecule is CC(=O)O.O=C(c1cnccn1)N1CCCOc2cccc(c2)C2c3ccc(cc3CCN2C(=O)CCc2cccnc2)OCC1. The fourth-order valence-electron chi connectivity index (χ4n) is 5.64. The molecular weight excluding hydrogens is 586 g/mol. The minimum Gasteiger partial charge on any atom is -0.494 e.